The summed E-state index contributed by atoms with van der Waals surface area (Å²) in [5, 5.41) is 76.5. The normalized spacial score (nSPS) is 19.2. The Kier molecular flexibility index (Phi) is 55.4. The summed E-state index contributed by atoms with van der Waals surface area (Å²) in [6.07, 6.45) is 57.5. The fourth-order valence-electron chi connectivity index (χ4n) is 11.8. The van der Waals surface area contributed by atoms with Gasteiger partial charge in [0.15, 0.2) is 6.29 Å². The molecule has 1 amide bonds. The van der Waals surface area contributed by atoms with E-state index in [9.17, 15) is 40.5 Å². The second-order valence-corrected chi connectivity index (χ2v) is 25.0. The van der Waals surface area contributed by atoms with Gasteiger partial charge in [-0.1, -0.05) is 348 Å². The summed E-state index contributed by atoms with van der Waals surface area (Å²) in [4.78, 5) is 13.2. The average Bonchev–Trinajstić information content (AvgIpc) is 3.46. The van der Waals surface area contributed by atoms with Crippen molar-refractivity contribution in [1.82, 2.24) is 5.32 Å². The SMILES string of the molecule is CCCCCCCCCCCCCCCCCCCCCCCCCCCCCC(O)C(=O)NC(COC1OC(CO)C(O)C(O)C1O)C(O)C(O)CCCCCCCCCCCCCCCCCCCCCCCCCCC. The van der Waals surface area contributed by atoms with Gasteiger partial charge < -0.3 is 50.5 Å². The highest BCUT2D eigenvalue weighted by molar-refractivity contribution is 5.80. The van der Waals surface area contributed by atoms with Gasteiger partial charge in [0.1, 0.15) is 36.6 Å². The monoisotopic (exact) mass is 1130 g/mol. The van der Waals surface area contributed by atoms with Gasteiger partial charge in [-0.05, 0) is 12.8 Å². The molecule has 9 unspecified atom stereocenters. The zero-order valence-corrected chi connectivity index (χ0v) is 52.1. The zero-order chi connectivity index (χ0) is 57.5. The Hall–Kier alpha value is -0.890. The molecule has 1 saturated heterocycles. The average molecular weight is 1130 g/mol. The third-order valence-corrected chi connectivity index (χ3v) is 17.4. The van der Waals surface area contributed by atoms with Crippen molar-refractivity contribution in [1.29, 1.82) is 0 Å². The molecule has 0 bridgehead atoms. The molecule has 79 heavy (non-hydrogen) atoms. The maximum Gasteiger partial charge on any atom is 0.249 e. The first-order chi connectivity index (χ1) is 38.7. The highest BCUT2D eigenvalue weighted by Crippen LogP contribution is 2.24. The quantitative estimate of drug-likeness (QED) is 0.0272. The molecule has 0 aliphatic carbocycles. The van der Waals surface area contributed by atoms with Crippen molar-refractivity contribution >= 4 is 5.91 Å². The molecule has 1 heterocycles. The molecule has 1 aliphatic rings. The molecule has 0 saturated carbocycles. The topological polar surface area (TPSA) is 189 Å². The van der Waals surface area contributed by atoms with Crippen LogP contribution in [-0.2, 0) is 14.3 Å². The molecule has 8 N–H and O–H groups in total. The Morgan fingerprint density at radius 1 is 0.392 bits per heavy atom. The van der Waals surface area contributed by atoms with E-state index in [1.54, 1.807) is 0 Å². The summed E-state index contributed by atoms with van der Waals surface area (Å²) in [5.74, 6) is -0.687. The molecular formula is C68H135NO10. The lowest BCUT2D eigenvalue weighted by Crippen LogP contribution is -2.60. The van der Waals surface area contributed by atoms with Crippen molar-refractivity contribution in [3.8, 4) is 0 Å². The van der Waals surface area contributed by atoms with E-state index in [0.717, 1.165) is 38.5 Å². The first kappa shape index (κ1) is 76.1. The van der Waals surface area contributed by atoms with E-state index in [0.29, 0.717) is 19.3 Å². The molecule has 11 heteroatoms. The van der Waals surface area contributed by atoms with Crippen LogP contribution in [0.3, 0.4) is 0 Å². The number of rotatable bonds is 62. The van der Waals surface area contributed by atoms with E-state index >= 15 is 0 Å². The molecule has 0 radical (unpaired) electrons. The Bertz CT molecular complexity index is 1250. The second kappa shape index (κ2) is 57.5. The van der Waals surface area contributed by atoms with Crippen molar-refractivity contribution in [3.05, 3.63) is 0 Å². The zero-order valence-electron chi connectivity index (χ0n) is 52.1. The van der Waals surface area contributed by atoms with Crippen molar-refractivity contribution in [2.45, 2.75) is 416 Å². The van der Waals surface area contributed by atoms with Gasteiger partial charge >= 0.3 is 0 Å². The first-order valence-electron chi connectivity index (χ1n) is 34.9. The molecule has 0 spiro atoms. The van der Waals surface area contributed by atoms with E-state index in [-0.39, 0.29) is 6.42 Å². The van der Waals surface area contributed by atoms with Crippen molar-refractivity contribution in [3.63, 3.8) is 0 Å². The summed E-state index contributed by atoms with van der Waals surface area (Å²) in [6.45, 7) is 3.53. The minimum atomic E-state index is -1.66. The fraction of sp³-hybridized carbons (Fsp3) is 0.985. The Morgan fingerprint density at radius 3 is 0.937 bits per heavy atom. The van der Waals surface area contributed by atoms with Gasteiger partial charge in [-0.25, -0.2) is 0 Å². The number of aliphatic hydroxyl groups is 7. The molecule has 0 aromatic rings. The Morgan fingerprint density at radius 2 is 0.658 bits per heavy atom. The van der Waals surface area contributed by atoms with E-state index in [4.69, 9.17) is 9.47 Å². The Balaban J connectivity index is 2.19. The standard InChI is InChI=1S/C68H135NO10/c1-3-5-7-9-11-13-15-17-19-21-23-25-27-29-30-32-34-36-38-40-42-44-46-48-50-52-54-56-61(72)67(77)69-59(58-78-68-66(76)65(75)64(74)62(57-70)79-68)63(73)60(71)55-53-51-49-47-45-43-41-39-37-35-33-31-28-26-24-22-20-18-16-14-12-10-8-6-4-2/h59-66,68,70-76H,3-58H2,1-2H3,(H,69,77). The molecule has 1 fully saturated rings. The second-order valence-electron chi connectivity index (χ2n) is 25.0. The number of nitrogens with one attached hydrogen (secondary N) is 1. The smallest absolute Gasteiger partial charge is 0.249 e. The molecular weight excluding hydrogens is 991 g/mol. The molecule has 472 valence electrons. The number of hydrogen-bond donors (Lipinski definition) is 8. The molecule has 0 aromatic heterocycles. The summed E-state index contributed by atoms with van der Waals surface area (Å²) in [7, 11) is 0. The number of aliphatic hydroxyl groups excluding tert-OH is 7. The number of amides is 1. The van der Waals surface area contributed by atoms with E-state index in [1.165, 1.54) is 283 Å². The van der Waals surface area contributed by atoms with Crippen molar-refractivity contribution in [2.24, 2.45) is 0 Å². The lowest BCUT2D eigenvalue weighted by molar-refractivity contribution is -0.303. The van der Waals surface area contributed by atoms with Gasteiger partial charge in [-0.3, -0.25) is 4.79 Å². The predicted molar refractivity (Wildman–Crippen MR) is 330 cm³/mol. The third kappa shape index (κ3) is 45.2. The van der Waals surface area contributed by atoms with Gasteiger partial charge in [0.05, 0.1) is 25.4 Å². The minimum Gasteiger partial charge on any atom is -0.394 e. The van der Waals surface area contributed by atoms with E-state index in [2.05, 4.69) is 19.2 Å². The summed E-state index contributed by atoms with van der Waals surface area (Å²) >= 11 is 0. The maximum absolute atomic E-state index is 13.2. The van der Waals surface area contributed by atoms with Crippen LogP contribution in [0.5, 0.6) is 0 Å². The van der Waals surface area contributed by atoms with Gasteiger partial charge in [-0.15, -0.1) is 0 Å². The lowest BCUT2D eigenvalue weighted by Gasteiger charge is -2.40. The lowest BCUT2D eigenvalue weighted by atomic mass is 9.98. The van der Waals surface area contributed by atoms with Crippen LogP contribution in [0.4, 0.5) is 0 Å². The van der Waals surface area contributed by atoms with Gasteiger partial charge in [-0.2, -0.15) is 0 Å². The number of ether oxygens (including phenoxy) is 2. The van der Waals surface area contributed by atoms with Crippen LogP contribution < -0.4 is 5.32 Å². The summed E-state index contributed by atoms with van der Waals surface area (Å²) in [6, 6.07) is -1.16. The van der Waals surface area contributed by atoms with Gasteiger partial charge in [0.2, 0.25) is 5.91 Å². The highest BCUT2D eigenvalue weighted by Gasteiger charge is 2.44. The van der Waals surface area contributed by atoms with Crippen LogP contribution in [-0.4, -0.2) is 110 Å². The Labute approximate surface area is 488 Å². The molecule has 1 rings (SSSR count). The summed E-state index contributed by atoms with van der Waals surface area (Å²) in [5.41, 5.74) is 0. The highest BCUT2D eigenvalue weighted by atomic mass is 16.7. The van der Waals surface area contributed by atoms with Crippen LogP contribution in [0.15, 0.2) is 0 Å². The summed E-state index contributed by atoms with van der Waals surface area (Å²) < 4.78 is 11.2. The van der Waals surface area contributed by atoms with Gasteiger partial charge in [0, 0.05) is 0 Å². The maximum atomic E-state index is 13.2. The van der Waals surface area contributed by atoms with Crippen LogP contribution in [0.25, 0.3) is 0 Å². The number of carbonyl (C=O) groups is 1. The number of unbranched alkanes of at least 4 members (excludes halogenated alkanes) is 50. The largest absolute Gasteiger partial charge is 0.394 e. The number of carbonyl (C=O) groups excluding carboxylic acids is 1. The van der Waals surface area contributed by atoms with Crippen LogP contribution in [0.2, 0.25) is 0 Å². The van der Waals surface area contributed by atoms with Crippen LogP contribution in [0, 0.1) is 0 Å². The van der Waals surface area contributed by atoms with Crippen molar-refractivity contribution in [2.75, 3.05) is 13.2 Å². The molecule has 0 aromatic carbocycles. The van der Waals surface area contributed by atoms with Gasteiger partial charge in [0.25, 0.3) is 0 Å². The van der Waals surface area contributed by atoms with Crippen LogP contribution in [0.1, 0.15) is 361 Å². The van der Waals surface area contributed by atoms with E-state index < -0.39 is 74.2 Å². The minimum absolute atomic E-state index is 0.268. The molecule has 11 nitrogen and oxygen atoms in total. The number of hydrogen-bond acceptors (Lipinski definition) is 10. The van der Waals surface area contributed by atoms with E-state index in [1.807, 2.05) is 0 Å². The molecule has 9 atom stereocenters. The first-order valence-corrected chi connectivity index (χ1v) is 34.9. The fourth-order valence-corrected chi connectivity index (χ4v) is 11.8. The predicted octanol–water partition coefficient (Wildman–Crippen LogP) is 16.5. The van der Waals surface area contributed by atoms with Crippen LogP contribution >= 0.6 is 0 Å². The molecule has 1 aliphatic heterocycles. The van der Waals surface area contributed by atoms with Crippen molar-refractivity contribution < 1.29 is 50.0 Å². The third-order valence-electron chi connectivity index (χ3n) is 17.4.